The van der Waals surface area contributed by atoms with Gasteiger partial charge in [0.05, 0.1) is 12.8 Å². The highest BCUT2D eigenvalue weighted by molar-refractivity contribution is 8.04. The van der Waals surface area contributed by atoms with Crippen molar-refractivity contribution < 1.29 is 23.2 Å². The Bertz CT molecular complexity index is 1490. The van der Waals surface area contributed by atoms with Gasteiger partial charge in [0.25, 0.3) is 17.7 Å². The summed E-state index contributed by atoms with van der Waals surface area (Å²) in [5.74, 6) is -1.25. The number of hydrogen-bond acceptors (Lipinski definition) is 6. The number of benzene rings is 3. The molecule has 3 aromatic carbocycles. The summed E-state index contributed by atoms with van der Waals surface area (Å²) in [5.41, 5.74) is 1.59. The highest BCUT2D eigenvalue weighted by Gasteiger charge is 2.39. The molecule has 2 N–H and O–H groups in total. The fraction of sp³-hybridized carbons (Fsp3) is 0.0357. The van der Waals surface area contributed by atoms with Gasteiger partial charge in [-0.25, -0.2) is 4.39 Å². The van der Waals surface area contributed by atoms with Crippen LogP contribution in [-0.4, -0.2) is 22.6 Å². The second-order valence-electron chi connectivity index (χ2n) is 8.06. The number of thioether (sulfide) groups is 1. The third-order valence-electron chi connectivity index (χ3n) is 5.48. The van der Waals surface area contributed by atoms with Gasteiger partial charge < -0.3 is 15.1 Å². The number of nitrogens with one attached hydrogen (secondary N) is 2. The Kier molecular flexibility index (Phi) is 6.87. The van der Waals surface area contributed by atoms with Crippen LogP contribution < -0.4 is 10.6 Å². The summed E-state index contributed by atoms with van der Waals surface area (Å²) in [5, 5.41) is 5.82. The Balaban J connectivity index is 1.42. The van der Waals surface area contributed by atoms with Gasteiger partial charge in [0.15, 0.2) is 0 Å². The third-order valence-corrected chi connectivity index (χ3v) is 6.55. The molecule has 0 atom stereocenters. The second-order valence-corrected chi connectivity index (χ2v) is 9.15. The van der Waals surface area contributed by atoms with Crippen LogP contribution in [0.5, 0.6) is 0 Å². The lowest BCUT2D eigenvalue weighted by molar-refractivity contribution is -0.138. The zero-order chi connectivity index (χ0) is 25.8. The number of carbonyl (C=O) groups is 3. The van der Waals surface area contributed by atoms with Crippen LogP contribution in [0.3, 0.4) is 0 Å². The topological polar surface area (TPSA) is 91.7 Å². The maximum Gasteiger partial charge on any atom is 0.278 e. The number of nitrogens with zero attached hydrogens (tertiary/aromatic N) is 1. The van der Waals surface area contributed by atoms with Gasteiger partial charge in [0.1, 0.15) is 22.2 Å². The van der Waals surface area contributed by atoms with Crippen LogP contribution in [0.4, 0.5) is 15.8 Å². The molecule has 37 heavy (non-hydrogen) atoms. The Hall–Kier alpha value is -4.63. The summed E-state index contributed by atoms with van der Waals surface area (Å²) in [6.07, 6.45) is 1.47. The molecule has 1 aliphatic heterocycles. The van der Waals surface area contributed by atoms with E-state index in [2.05, 4.69) is 10.6 Å². The van der Waals surface area contributed by atoms with Gasteiger partial charge in [0, 0.05) is 21.8 Å². The van der Waals surface area contributed by atoms with E-state index >= 15 is 0 Å². The summed E-state index contributed by atoms with van der Waals surface area (Å²) in [6, 6.07) is 24.6. The molecule has 0 radical (unpaired) electrons. The first kappa shape index (κ1) is 24.1. The minimum absolute atomic E-state index is 0.0313. The molecule has 0 fully saturated rings. The van der Waals surface area contributed by atoms with Gasteiger partial charge in [-0.2, -0.15) is 0 Å². The number of anilines is 2. The Morgan fingerprint density at radius 1 is 0.865 bits per heavy atom. The van der Waals surface area contributed by atoms with E-state index in [1.165, 1.54) is 30.5 Å². The van der Waals surface area contributed by atoms with Crippen molar-refractivity contribution in [3.63, 3.8) is 0 Å². The van der Waals surface area contributed by atoms with Crippen molar-refractivity contribution in [2.75, 3.05) is 10.6 Å². The zero-order valence-electron chi connectivity index (χ0n) is 19.3. The predicted octanol–water partition coefficient (Wildman–Crippen LogP) is 5.66. The monoisotopic (exact) mass is 513 g/mol. The Labute approximate surface area is 216 Å². The molecule has 1 aliphatic rings. The van der Waals surface area contributed by atoms with Crippen LogP contribution in [0.25, 0.3) is 0 Å². The van der Waals surface area contributed by atoms with Crippen molar-refractivity contribution in [2.24, 2.45) is 0 Å². The first-order valence-electron chi connectivity index (χ1n) is 11.3. The lowest BCUT2D eigenvalue weighted by atomic mass is 10.2. The van der Waals surface area contributed by atoms with E-state index in [1.807, 2.05) is 6.07 Å². The van der Waals surface area contributed by atoms with E-state index in [1.54, 1.807) is 60.7 Å². The normalized spacial score (nSPS) is 13.3. The summed E-state index contributed by atoms with van der Waals surface area (Å²) in [4.78, 5) is 41.1. The standard InChI is InChI=1S/C28H20FN3O4S/c29-19-11-13-20(14-12-19)30-24-25(28(35)32(27(24)34)17-22-9-5-15-36-22)37-23-10-4-8-21(16-23)31-26(33)18-6-2-1-3-7-18/h1-16,30H,17H2,(H,31,33). The molecule has 9 heteroatoms. The molecule has 0 saturated carbocycles. The van der Waals surface area contributed by atoms with E-state index in [9.17, 15) is 18.8 Å². The van der Waals surface area contributed by atoms with E-state index < -0.39 is 17.6 Å². The number of amides is 3. The number of furan rings is 1. The number of carbonyl (C=O) groups excluding carboxylic acids is 3. The molecule has 0 aliphatic carbocycles. The van der Waals surface area contributed by atoms with Crippen molar-refractivity contribution in [3.05, 3.63) is 125 Å². The molecule has 7 nitrogen and oxygen atoms in total. The first-order valence-corrected chi connectivity index (χ1v) is 12.1. The third kappa shape index (κ3) is 5.46. The van der Waals surface area contributed by atoms with Crippen molar-refractivity contribution in [1.29, 1.82) is 0 Å². The van der Waals surface area contributed by atoms with Crippen molar-refractivity contribution in [1.82, 2.24) is 4.90 Å². The smallest absolute Gasteiger partial charge is 0.278 e. The van der Waals surface area contributed by atoms with Crippen molar-refractivity contribution in [2.45, 2.75) is 11.4 Å². The van der Waals surface area contributed by atoms with E-state index in [-0.39, 0.29) is 23.1 Å². The van der Waals surface area contributed by atoms with Gasteiger partial charge in [-0.05, 0) is 66.7 Å². The molecule has 1 aromatic heterocycles. The van der Waals surface area contributed by atoms with Gasteiger partial charge >= 0.3 is 0 Å². The van der Waals surface area contributed by atoms with Crippen LogP contribution in [-0.2, 0) is 16.1 Å². The van der Waals surface area contributed by atoms with Crippen LogP contribution in [0, 0.1) is 5.82 Å². The van der Waals surface area contributed by atoms with E-state index in [0.717, 1.165) is 16.7 Å². The maximum absolute atomic E-state index is 13.4. The lowest BCUT2D eigenvalue weighted by Gasteiger charge is -2.13. The quantitative estimate of drug-likeness (QED) is 0.296. The minimum atomic E-state index is -0.526. The summed E-state index contributed by atoms with van der Waals surface area (Å²) >= 11 is 1.10. The molecule has 3 amide bonds. The van der Waals surface area contributed by atoms with Gasteiger partial charge in [-0.1, -0.05) is 36.0 Å². The molecule has 0 spiro atoms. The largest absolute Gasteiger partial charge is 0.467 e. The summed E-state index contributed by atoms with van der Waals surface area (Å²) in [6.45, 7) is -0.0313. The molecule has 184 valence electrons. The SMILES string of the molecule is O=C(Nc1cccc(SC2=C(Nc3ccc(F)cc3)C(=O)N(Cc3ccco3)C2=O)c1)c1ccccc1. The van der Waals surface area contributed by atoms with Crippen LogP contribution in [0.1, 0.15) is 16.1 Å². The Morgan fingerprint density at radius 3 is 2.38 bits per heavy atom. The highest BCUT2D eigenvalue weighted by atomic mass is 32.2. The molecular weight excluding hydrogens is 493 g/mol. The number of rotatable bonds is 8. The second kappa shape index (κ2) is 10.5. The molecule has 5 rings (SSSR count). The first-order chi connectivity index (χ1) is 18.0. The lowest BCUT2D eigenvalue weighted by Crippen LogP contribution is -2.31. The van der Waals surface area contributed by atoms with Crippen molar-refractivity contribution >= 4 is 40.9 Å². The van der Waals surface area contributed by atoms with E-state index in [4.69, 9.17) is 4.42 Å². The highest BCUT2D eigenvalue weighted by Crippen LogP contribution is 2.37. The number of imide groups is 1. The van der Waals surface area contributed by atoms with Gasteiger partial charge in [0.2, 0.25) is 0 Å². The Morgan fingerprint density at radius 2 is 1.65 bits per heavy atom. The van der Waals surface area contributed by atoms with E-state index in [0.29, 0.717) is 27.6 Å². The van der Waals surface area contributed by atoms with Gasteiger partial charge in [-0.15, -0.1) is 0 Å². The van der Waals surface area contributed by atoms with Gasteiger partial charge in [-0.3, -0.25) is 19.3 Å². The molecule has 0 bridgehead atoms. The van der Waals surface area contributed by atoms with Crippen molar-refractivity contribution in [3.8, 4) is 0 Å². The average molecular weight is 514 g/mol. The fourth-order valence-corrected chi connectivity index (χ4v) is 4.69. The maximum atomic E-state index is 13.4. The zero-order valence-corrected chi connectivity index (χ0v) is 20.1. The van der Waals surface area contributed by atoms with Crippen LogP contribution in [0.15, 0.2) is 117 Å². The molecule has 4 aromatic rings. The predicted molar refractivity (Wildman–Crippen MR) is 138 cm³/mol. The molecular formula is C28H20FN3O4S. The molecule has 0 saturated heterocycles. The molecule has 2 heterocycles. The molecule has 0 unspecified atom stereocenters. The number of hydrogen-bond donors (Lipinski definition) is 2. The number of halogens is 1. The fourth-order valence-electron chi connectivity index (χ4n) is 3.69. The van der Waals surface area contributed by atoms with Crippen LogP contribution in [0.2, 0.25) is 0 Å². The minimum Gasteiger partial charge on any atom is -0.467 e. The van der Waals surface area contributed by atoms with Crippen LogP contribution >= 0.6 is 11.8 Å². The summed E-state index contributed by atoms with van der Waals surface area (Å²) < 4.78 is 18.7. The summed E-state index contributed by atoms with van der Waals surface area (Å²) in [7, 11) is 0. The average Bonchev–Trinajstić information content (AvgIpc) is 3.50.